The number of anilines is 1. The summed E-state index contributed by atoms with van der Waals surface area (Å²) in [6, 6.07) is 14.8. The van der Waals surface area contributed by atoms with Gasteiger partial charge in [0.2, 0.25) is 0 Å². The van der Waals surface area contributed by atoms with Gasteiger partial charge in [-0.05, 0) is 68.5 Å². The van der Waals surface area contributed by atoms with Crippen molar-refractivity contribution >= 4 is 17.5 Å². The summed E-state index contributed by atoms with van der Waals surface area (Å²) < 4.78 is 5.86. The summed E-state index contributed by atoms with van der Waals surface area (Å²) in [6.07, 6.45) is 3.24. The number of nitrogens with zero attached hydrogens (tertiary/aromatic N) is 1. The Labute approximate surface area is 166 Å². The molecule has 2 aromatic carbocycles. The minimum Gasteiger partial charge on any atom is -0.481 e. The van der Waals surface area contributed by atoms with Crippen LogP contribution in [-0.2, 0) is 4.79 Å². The molecule has 5 nitrogen and oxygen atoms in total. The number of hydrogen-bond acceptors (Lipinski definition) is 3. The number of piperidine rings is 1. The van der Waals surface area contributed by atoms with Crippen molar-refractivity contribution < 1.29 is 14.3 Å². The van der Waals surface area contributed by atoms with E-state index in [0.29, 0.717) is 23.4 Å². The molecule has 2 aromatic rings. The fraction of sp³-hybridized carbons (Fsp3) is 0.391. The Hall–Kier alpha value is -2.82. The van der Waals surface area contributed by atoms with E-state index in [1.54, 1.807) is 24.3 Å². The van der Waals surface area contributed by atoms with Gasteiger partial charge < -0.3 is 15.0 Å². The van der Waals surface area contributed by atoms with Crippen molar-refractivity contribution in [2.45, 2.75) is 45.6 Å². The molecule has 5 heteroatoms. The fourth-order valence-corrected chi connectivity index (χ4v) is 3.41. The first kappa shape index (κ1) is 19.9. The van der Waals surface area contributed by atoms with Gasteiger partial charge in [-0.15, -0.1) is 0 Å². The molecular formula is C23H28N2O3. The van der Waals surface area contributed by atoms with E-state index in [2.05, 4.69) is 5.32 Å². The molecule has 1 N–H and O–H groups in total. The number of carbonyl (C=O) groups excluding carboxylic acids is 2. The second-order valence-electron chi connectivity index (χ2n) is 7.25. The molecule has 0 aliphatic carbocycles. The van der Waals surface area contributed by atoms with Crippen LogP contribution in [0.4, 0.5) is 5.69 Å². The van der Waals surface area contributed by atoms with Gasteiger partial charge in [-0.25, -0.2) is 0 Å². The van der Waals surface area contributed by atoms with Crippen LogP contribution in [-0.4, -0.2) is 35.9 Å². The lowest BCUT2D eigenvalue weighted by molar-refractivity contribution is -0.122. The summed E-state index contributed by atoms with van der Waals surface area (Å²) in [7, 11) is 0. The van der Waals surface area contributed by atoms with Crippen LogP contribution in [0.2, 0.25) is 0 Å². The Morgan fingerprint density at radius 1 is 1.07 bits per heavy atom. The summed E-state index contributed by atoms with van der Waals surface area (Å²) in [4.78, 5) is 27.3. The Balaban J connectivity index is 1.66. The maximum absolute atomic E-state index is 12.7. The number of ether oxygens (including phenoxy) is 1. The monoisotopic (exact) mass is 380 g/mol. The van der Waals surface area contributed by atoms with Crippen LogP contribution in [0, 0.1) is 6.92 Å². The van der Waals surface area contributed by atoms with E-state index in [4.69, 9.17) is 4.74 Å². The zero-order valence-corrected chi connectivity index (χ0v) is 16.6. The second-order valence-corrected chi connectivity index (χ2v) is 7.25. The second kappa shape index (κ2) is 9.40. The normalized spacial score (nSPS) is 15.0. The van der Waals surface area contributed by atoms with Gasteiger partial charge in [-0.1, -0.05) is 25.1 Å². The third-order valence-corrected chi connectivity index (χ3v) is 4.95. The summed E-state index contributed by atoms with van der Waals surface area (Å²) in [6.45, 7) is 5.50. The van der Waals surface area contributed by atoms with Crippen LogP contribution >= 0.6 is 0 Å². The van der Waals surface area contributed by atoms with Gasteiger partial charge in [0, 0.05) is 24.3 Å². The Kier molecular flexibility index (Phi) is 6.69. The summed E-state index contributed by atoms with van der Waals surface area (Å²) in [5.74, 6) is 0.487. The third kappa shape index (κ3) is 5.12. The van der Waals surface area contributed by atoms with Crippen LogP contribution in [0.25, 0.3) is 0 Å². The van der Waals surface area contributed by atoms with Crippen LogP contribution in [0.15, 0.2) is 48.5 Å². The minimum atomic E-state index is -0.594. The van der Waals surface area contributed by atoms with E-state index in [-0.39, 0.29) is 11.8 Å². The molecule has 1 unspecified atom stereocenters. The molecule has 0 aromatic heterocycles. The number of likely N-dealkylation sites (tertiary alicyclic amines) is 1. The lowest BCUT2D eigenvalue weighted by Crippen LogP contribution is -2.35. The highest BCUT2D eigenvalue weighted by molar-refractivity contribution is 5.98. The van der Waals surface area contributed by atoms with Gasteiger partial charge in [0.1, 0.15) is 5.75 Å². The Morgan fingerprint density at radius 3 is 2.54 bits per heavy atom. The molecule has 1 atom stereocenters. The number of nitrogens with one attached hydrogen (secondary N) is 1. The SMILES string of the molecule is CCC(Oc1cccc(C)c1)C(=O)Nc1cccc(C(=O)N2CCCCC2)c1. The topological polar surface area (TPSA) is 58.6 Å². The number of carbonyl (C=O) groups is 2. The highest BCUT2D eigenvalue weighted by Crippen LogP contribution is 2.19. The van der Waals surface area contributed by atoms with E-state index >= 15 is 0 Å². The molecule has 28 heavy (non-hydrogen) atoms. The Morgan fingerprint density at radius 2 is 1.82 bits per heavy atom. The molecule has 1 aliphatic heterocycles. The van der Waals surface area contributed by atoms with E-state index in [1.165, 1.54) is 6.42 Å². The Bertz CT molecular complexity index is 828. The predicted octanol–water partition coefficient (Wildman–Crippen LogP) is 4.42. The van der Waals surface area contributed by atoms with Gasteiger partial charge in [0.15, 0.2) is 6.10 Å². The number of aryl methyl sites for hydroxylation is 1. The van der Waals surface area contributed by atoms with Crippen LogP contribution in [0.5, 0.6) is 5.75 Å². The molecule has 2 amide bonds. The van der Waals surface area contributed by atoms with E-state index < -0.39 is 6.10 Å². The molecular weight excluding hydrogens is 352 g/mol. The van der Waals surface area contributed by atoms with Crippen molar-refractivity contribution in [2.75, 3.05) is 18.4 Å². The number of amides is 2. The van der Waals surface area contributed by atoms with Gasteiger partial charge in [0.05, 0.1) is 0 Å². The molecule has 3 rings (SSSR count). The van der Waals surface area contributed by atoms with Crippen molar-refractivity contribution in [1.29, 1.82) is 0 Å². The van der Waals surface area contributed by atoms with Crippen LogP contribution in [0.1, 0.15) is 48.5 Å². The molecule has 0 bridgehead atoms. The van der Waals surface area contributed by atoms with Crippen LogP contribution < -0.4 is 10.1 Å². The van der Waals surface area contributed by atoms with Crippen molar-refractivity contribution in [3.8, 4) is 5.75 Å². The summed E-state index contributed by atoms with van der Waals surface area (Å²) >= 11 is 0. The summed E-state index contributed by atoms with van der Waals surface area (Å²) in [5.41, 5.74) is 2.29. The zero-order valence-electron chi connectivity index (χ0n) is 16.6. The maximum Gasteiger partial charge on any atom is 0.265 e. The number of benzene rings is 2. The molecule has 0 radical (unpaired) electrons. The first-order chi connectivity index (χ1) is 13.6. The average molecular weight is 380 g/mol. The minimum absolute atomic E-state index is 0.0267. The van der Waals surface area contributed by atoms with E-state index in [0.717, 1.165) is 31.5 Å². The number of hydrogen-bond donors (Lipinski definition) is 1. The van der Waals surface area contributed by atoms with Crippen molar-refractivity contribution in [2.24, 2.45) is 0 Å². The highest BCUT2D eigenvalue weighted by Gasteiger charge is 2.21. The highest BCUT2D eigenvalue weighted by atomic mass is 16.5. The first-order valence-corrected chi connectivity index (χ1v) is 10.0. The average Bonchev–Trinajstić information content (AvgIpc) is 2.72. The van der Waals surface area contributed by atoms with Crippen molar-refractivity contribution in [3.63, 3.8) is 0 Å². The lowest BCUT2D eigenvalue weighted by atomic mass is 10.1. The molecule has 1 fully saturated rings. The quantitative estimate of drug-likeness (QED) is 0.807. The van der Waals surface area contributed by atoms with E-state index in [9.17, 15) is 9.59 Å². The largest absolute Gasteiger partial charge is 0.481 e. The molecule has 0 spiro atoms. The van der Waals surface area contributed by atoms with E-state index in [1.807, 2.05) is 43.0 Å². The maximum atomic E-state index is 12.7. The fourth-order valence-electron chi connectivity index (χ4n) is 3.41. The lowest BCUT2D eigenvalue weighted by Gasteiger charge is -2.27. The molecule has 1 aliphatic rings. The molecule has 148 valence electrons. The van der Waals surface area contributed by atoms with Gasteiger partial charge in [-0.2, -0.15) is 0 Å². The molecule has 1 saturated heterocycles. The molecule has 1 heterocycles. The standard InChI is InChI=1S/C23H28N2O3/c1-3-21(28-20-12-7-9-17(2)15-20)22(26)24-19-11-8-10-18(16-19)23(27)25-13-5-4-6-14-25/h7-12,15-16,21H,3-6,13-14H2,1-2H3,(H,24,26). The van der Waals surface area contributed by atoms with Crippen molar-refractivity contribution in [1.82, 2.24) is 4.90 Å². The van der Waals surface area contributed by atoms with Gasteiger partial charge in [0.25, 0.3) is 11.8 Å². The summed E-state index contributed by atoms with van der Waals surface area (Å²) in [5, 5.41) is 2.89. The predicted molar refractivity (Wildman–Crippen MR) is 111 cm³/mol. The van der Waals surface area contributed by atoms with Gasteiger partial charge in [-0.3, -0.25) is 9.59 Å². The molecule has 0 saturated carbocycles. The van der Waals surface area contributed by atoms with Crippen molar-refractivity contribution in [3.05, 3.63) is 59.7 Å². The van der Waals surface area contributed by atoms with Gasteiger partial charge >= 0.3 is 0 Å². The smallest absolute Gasteiger partial charge is 0.265 e. The first-order valence-electron chi connectivity index (χ1n) is 10.0. The third-order valence-electron chi connectivity index (χ3n) is 4.95. The number of rotatable bonds is 6. The van der Waals surface area contributed by atoms with Crippen LogP contribution in [0.3, 0.4) is 0 Å². The zero-order chi connectivity index (χ0) is 19.9.